The lowest BCUT2D eigenvalue weighted by Gasteiger charge is -2.29. The molecule has 2 heteroatoms. The van der Waals surface area contributed by atoms with Crippen LogP contribution in [0.5, 0.6) is 0 Å². The third-order valence-electron chi connectivity index (χ3n) is 3.51. The molecular weight excluding hydrogens is 210 g/mol. The highest BCUT2D eigenvalue weighted by Crippen LogP contribution is 2.32. The first-order valence-electron chi connectivity index (χ1n) is 6.06. The maximum Gasteiger partial charge on any atom is 0.150 e. The SMILES string of the molecule is Cc1cc(C=O)ccc1C1=CCC(C)(N)CC1. The monoisotopic (exact) mass is 229 g/mol. The molecule has 0 fully saturated rings. The average Bonchev–Trinajstić information content (AvgIpc) is 2.29. The third kappa shape index (κ3) is 2.64. The number of carbonyl (C=O) groups is 1. The maximum absolute atomic E-state index is 10.7. The van der Waals surface area contributed by atoms with Gasteiger partial charge >= 0.3 is 0 Å². The second-order valence-electron chi connectivity index (χ2n) is 5.28. The topological polar surface area (TPSA) is 43.1 Å². The van der Waals surface area contributed by atoms with E-state index in [1.807, 2.05) is 18.2 Å². The minimum Gasteiger partial charge on any atom is -0.325 e. The van der Waals surface area contributed by atoms with Crippen molar-refractivity contribution < 1.29 is 4.79 Å². The number of aryl methyl sites for hydroxylation is 1. The number of rotatable bonds is 2. The van der Waals surface area contributed by atoms with E-state index in [0.717, 1.165) is 31.1 Å². The molecule has 2 nitrogen and oxygen atoms in total. The molecule has 1 aromatic rings. The molecule has 0 saturated carbocycles. The highest BCUT2D eigenvalue weighted by molar-refractivity contribution is 5.78. The quantitative estimate of drug-likeness (QED) is 0.792. The number of benzene rings is 1. The summed E-state index contributed by atoms with van der Waals surface area (Å²) in [6, 6.07) is 5.87. The molecule has 0 aromatic heterocycles. The second-order valence-corrected chi connectivity index (χ2v) is 5.28. The van der Waals surface area contributed by atoms with Crippen LogP contribution in [0.3, 0.4) is 0 Å². The molecule has 1 atom stereocenters. The van der Waals surface area contributed by atoms with Crippen LogP contribution in [0.15, 0.2) is 24.3 Å². The Labute approximate surface area is 103 Å². The zero-order valence-electron chi connectivity index (χ0n) is 10.5. The highest BCUT2D eigenvalue weighted by atomic mass is 16.1. The van der Waals surface area contributed by atoms with Gasteiger partial charge in [-0.05, 0) is 55.9 Å². The summed E-state index contributed by atoms with van der Waals surface area (Å²) < 4.78 is 0. The van der Waals surface area contributed by atoms with Gasteiger partial charge in [-0.1, -0.05) is 18.2 Å². The molecule has 0 bridgehead atoms. The van der Waals surface area contributed by atoms with Gasteiger partial charge in [0.05, 0.1) is 0 Å². The molecule has 1 aliphatic carbocycles. The van der Waals surface area contributed by atoms with Crippen molar-refractivity contribution in [3.8, 4) is 0 Å². The van der Waals surface area contributed by atoms with Gasteiger partial charge < -0.3 is 5.73 Å². The maximum atomic E-state index is 10.7. The Morgan fingerprint density at radius 1 is 1.41 bits per heavy atom. The van der Waals surface area contributed by atoms with Crippen LogP contribution >= 0.6 is 0 Å². The van der Waals surface area contributed by atoms with Gasteiger partial charge in [-0.25, -0.2) is 0 Å². The summed E-state index contributed by atoms with van der Waals surface area (Å²) in [5.41, 5.74) is 10.6. The molecule has 0 heterocycles. The van der Waals surface area contributed by atoms with Crippen molar-refractivity contribution in [1.82, 2.24) is 0 Å². The summed E-state index contributed by atoms with van der Waals surface area (Å²) in [4.78, 5) is 10.7. The van der Waals surface area contributed by atoms with E-state index in [9.17, 15) is 4.79 Å². The van der Waals surface area contributed by atoms with Crippen molar-refractivity contribution >= 4 is 11.9 Å². The molecule has 90 valence electrons. The van der Waals surface area contributed by atoms with Crippen LogP contribution in [0.25, 0.3) is 5.57 Å². The van der Waals surface area contributed by atoms with Crippen molar-refractivity contribution in [2.45, 2.75) is 38.6 Å². The van der Waals surface area contributed by atoms with Crippen molar-refractivity contribution in [1.29, 1.82) is 0 Å². The number of allylic oxidation sites excluding steroid dienone is 1. The van der Waals surface area contributed by atoms with E-state index < -0.39 is 0 Å². The number of hydrogen-bond acceptors (Lipinski definition) is 2. The molecule has 0 aliphatic heterocycles. The number of aldehydes is 1. The Morgan fingerprint density at radius 2 is 2.18 bits per heavy atom. The molecular formula is C15H19NO. The molecule has 0 spiro atoms. The van der Waals surface area contributed by atoms with E-state index in [-0.39, 0.29) is 5.54 Å². The molecule has 2 N–H and O–H groups in total. The van der Waals surface area contributed by atoms with Crippen LogP contribution < -0.4 is 5.73 Å². The summed E-state index contributed by atoms with van der Waals surface area (Å²) in [6.07, 6.45) is 6.11. The highest BCUT2D eigenvalue weighted by Gasteiger charge is 2.22. The zero-order chi connectivity index (χ0) is 12.5. The largest absolute Gasteiger partial charge is 0.325 e. The van der Waals surface area contributed by atoms with E-state index in [0.29, 0.717) is 0 Å². The zero-order valence-corrected chi connectivity index (χ0v) is 10.5. The van der Waals surface area contributed by atoms with Crippen LogP contribution in [-0.4, -0.2) is 11.8 Å². The first kappa shape index (κ1) is 12.1. The number of hydrogen-bond donors (Lipinski definition) is 1. The van der Waals surface area contributed by atoms with Gasteiger partial charge in [0.1, 0.15) is 6.29 Å². The summed E-state index contributed by atoms with van der Waals surface area (Å²) in [5, 5.41) is 0. The number of nitrogens with two attached hydrogens (primary N) is 1. The predicted octanol–water partition coefficient (Wildman–Crippen LogP) is 3.09. The number of carbonyl (C=O) groups excluding carboxylic acids is 1. The molecule has 0 radical (unpaired) electrons. The lowest BCUT2D eigenvalue weighted by Crippen LogP contribution is -2.37. The van der Waals surface area contributed by atoms with Crippen molar-refractivity contribution in [3.63, 3.8) is 0 Å². The van der Waals surface area contributed by atoms with Crippen molar-refractivity contribution in [2.75, 3.05) is 0 Å². The van der Waals surface area contributed by atoms with Crippen molar-refractivity contribution in [2.24, 2.45) is 5.73 Å². The van der Waals surface area contributed by atoms with Crippen LogP contribution in [0, 0.1) is 6.92 Å². The molecule has 1 aromatic carbocycles. The first-order chi connectivity index (χ1) is 8.02. The Bertz CT molecular complexity index is 472. The smallest absolute Gasteiger partial charge is 0.150 e. The fourth-order valence-corrected chi connectivity index (χ4v) is 2.35. The van der Waals surface area contributed by atoms with Gasteiger partial charge in [-0.2, -0.15) is 0 Å². The van der Waals surface area contributed by atoms with Crippen LogP contribution in [0.1, 0.15) is 47.7 Å². The average molecular weight is 229 g/mol. The van der Waals surface area contributed by atoms with Gasteiger partial charge in [-0.15, -0.1) is 0 Å². The van der Waals surface area contributed by atoms with Gasteiger partial charge in [-0.3, -0.25) is 4.79 Å². The molecule has 17 heavy (non-hydrogen) atoms. The molecule has 1 unspecified atom stereocenters. The van der Waals surface area contributed by atoms with Gasteiger partial charge in [0, 0.05) is 11.1 Å². The minimum atomic E-state index is -0.0554. The molecule has 0 amide bonds. The Hall–Kier alpha value is -1.41. The second kappa shape index (κ2) is 4.46. The van der Waals surface area contributed by atoms with Crippen molar-refractivity contribution in [3.05, 3.63) is 41.0 Å². The van der Waals surface area contributed by atoms with Gasteiger partial charge in [0.15, 0.2) is 0 Å². The standard InChI is InChI=1S/C15H19NO/c1-11-9-12(10-17)3-4-14(11)13-5-7-15(2,16)8-6-13/h3-5,9-10H,6-8,16H2,1-2H3. The Kier molecular flexibility index (Phi) is 3.16. The van der Waals surface area contributed by atoms with Crippen LogP contribution in [0.4, 0.5) is 0 Å². The van der Waals surface area contributed by atoms with Gasteiger partial charge in [0.25, 0.3) is 0 Å². The first-order valence-corrected chi connectivity index (χ1v) is 6.06. The van der Waals surface area contributed by atoms with E-state index in [4.69, 9.17) is 5.73 Å². The summed E-state index contributed by atoms with van der Waals surface area (Å²) >= 11 is 0. The minimum absolute atomic E-state index is 0.0554. The Morgan fingerprint density at radius 3 is 2.71 bits per heavy atom. The fraction of sp³-hybridized carbons (Fsp3) is 0.400. The normalized spacial score (nSPS) is 24.3. The molecule has 2 rings (SSSR count). The summed E-state index contributed by atoms with van der Waals surface area (Å²) in [6.45, 7) is 4.15. The van der Waals surface area contributed by atoms with E-state index >= 15 is 0 Å². The van der Waals surface area contributed by atoms with Crippen LogP contribution in [-0.2, 0) is 0 Å². The van der Waals surface area contributed by atoms with E-state index in [1.165, 1.54) is 16.7 Å². The van der Waals surface area contributed by atoms with Crippen LogP contribution in [0.2, 0.25) is 0 Å². The third-order valence-corrected chi connectivity index (χ3v) is 3.51. The molecule has 0 saturated heterocycles. The Balaban J connectivity index is 2.30. The molecule has 1 aliphatic rings. The predicted molar refractivity (Wildman–Crippen MR) is 71.0 cm³/mol. The lowest BCUT2D eigenvalue weighted by molar-refractivity contribution is 0.112. The van der Waals surface area contributed by atoms with Gasteiger partial charge in [0.2, 0.25) is 0 Å². The van der Waals surface area contributed by atoms with E-state index in [2.05, 4.69) is 19.9 Å². The fourth-order valence-electron chi connectivity index (χ4n) is 2.35. The lowest BCUT2D eigenvalue weighted by atomic mass is 9.82. The summed E-state index contributed by atoms with van der Waals surface area (Å²) in [5.74, 6) is 0. The summed E-state index contributed by atoms with van der Waals surface area (Å²) in [7, 11) is 0. The van der Waals surface area contributed by atoms with E-state index in [1.54, 1.807) is 0 Å².